The van der Waals surface area contributed by atoms with E-state index in [1.807, 2.05) is 30.3 Å². The lowest BCUT2D eigenvalue weighted by molar-refractivity contribution is 0.270. The third kappa shape index (κ3) is 2.76. The van der Waals surface area contributed by atoms with Gasteiger partial charge in [0.15, 0.2) is 11.6 Å². The third-order valence-corrected chi connectivity index (χ3v) is 3.43. The van der Waals surface area contributed by atoms with Gasteiger partial charge in [0.2, 0.25) is 0 Å². The van der Waals surface area contributed by atoms with E-state index in [-0.39, 0.29) is 12.4 Å². The third-order valence-electron chi connectivity index (χ3n) is 3.43. The number of rotatable bonds is 4. The van der Waals surface area contributed by atoms with Crippen LogP contribution < -0.4 is 0 Å². The normalized spacial score (nSPS) is 10.9. The maximum atomic E-state index is 13.4. The molecule has 4 nitrogen and oxygen atoms in total. The fourth-order valence-electron chi connectivity index (χ4n) is 2.30. The molecule has 0 saturated carbocycles. The van der Waals surface area contributed by atoms with Crippen LogP contribution in [-0.4, -0.2) is 26.5 Å². The Bertz CT molecular complexity index is 784. The van der Waals surface area contributed by atoms with Crippen molar-refractivity contribution in [2.75, 3.05) is 6.61 Å². The molecule has 0 atom stereocenters. The van der Waals surface area contributed by atoms with Gasteiger partial charge in [0, 0.05) is 11.1 Å². The Morgan fingerprint density at radius 2 is 1.86 bits per heavy atom. The minimum atomic E-state index is -0.248. The smallest absolute Gasteiger partial charge is 0.181 e. The highest BCUT2D eigenvalue weighted by molar-refractivity contribution is 5.62. The number of aliphatic hydroxyl groups is 1. The first-order valence-electron chi connectivity index (χ1n) is 7.06. The molecule has 0 saturated heterocycles. The van der Waals surface area contributed by atoms with Crippen LogP contribution in [0.5, 0.6) is 0 Å². The summed E-state index contributed by atoms with van der Waals surface area (Å²) in [5.74, 6) is 0.962. The van der Waals surface area contributed by atoms with Gasteiger partial charge in [-0.1, -0.05) is 30.3 Å². The lowest BCUT2D eigenvalue weighted by atomic mass is 10.1. The first kappa shape index (κ1) is 14.4. The minimum absolute atomic E-state index is 0.0227. The highest BCUT2D eigenvalue weighted by Gasteiger charge is 2.13. The van der Waals surface area contributed by atoms with Crippen molar-refractivity contribution in [2.45, 2.75) is 13.5 Å². The second kappa shape index (κ2) is 6.07. The molecule has 0 amide bonds. The van der Waals surface area contributed by atoms with Crippen LogP contribution in [0.1, 0.15) is 5.56 Å². The molecule has 1 N–H and O–H groups in total. The van der Waals surface area contributed by atoms with Crippen LogP contribution in [0.25, 0.3) is 22.8 Å². The molecule has 1 aromatic heterocycles. The van der Waals surface area contributed by atoms with E-state index in [2.05, 4.69) is 10.1 Å². The van der Waals surface area contributed by atoms with Gasteiger partial charge in [-0.15, -0.1) is 0 Å². The Balaban J connectivity index is 2.08. The van der Waals surface area contributed by atoms with Gasteiger partial charge in [-0.3, -0.25) is 0 Å². The maximum Gasteiger partial charge on any atom is 0.181 e. The van der Waals surface area contributed by atoms with Crippen molar-refractivity contribution in [1.82, 2.24) is 14.8 Å². The Morgan fingerprint density at radius 3 is 2.55 bits per heavy atom. The summed E-state index contributed by atoms with van der Waals surface area (Å²) in [4.78, 5) is 4.56. The summed E-state index contributed by atoms with van der Waals surface area (Å²) in [5.41, 5.74) is 2.23. The maximum absolute atomic E-state index is 13.4. The average molecular weight is 297 g/mol. The molecule has 0 bridgehead atoms. The summed E-state index contributed by atoms with van der Waals surface area (Å²) in [5, 5.41) is 13.7. The number of nitrogens with zero attached hydrogens (tertiary/aromatic N) is 3. The summed E-state index contributed by atoms with van der Waals surface area (Å²) >= 11 is 0. The van der Waals surface area contributed by atoms with Gasteiger partial charge in [-0.05, 0) is 30.7 Å². The molecule has 22 heavy (non-hydrogen) atoms. The van der Waals surface area contributed by atoms with Crippen molar-refractivity contribution >= 4 is 0 Å². The molecule has 0 fully saturated rings. The summed E-state index contributed by atoms with van der Waals surface area (Å²) in [6, 6.07) is 14.5. The van der Waals surface area contributed by atoms with E-state index in [0.29, 0.717) is 23.8 Å². The van der Waals surface area contributed by atoms with E-state index < -0.39 is 0 Å². The van der Waals surface area contributed by atoms with Gasteiger partial charge in [0.05, 0.1) is 13.2 Å². The zero-order valence-electron chi connectivity index (χ0n) is 12.2. The molecular weight excluding hydrogens is 281 g/mol. The molecule has 2 aromatic carbocycles. The Kier molecular flexibility index (Phi) is 3.98. The van der Waals surface area contributed by atoms with E-state index in [1.165, 1.54) is 6.07 Å². The van der Waals surface area contributed by atoms with Gasteiger partial charge in [0.1, 0.15) is 5.82 Å². The van der Waals surface area contributed by atoms with Gasteiger partial charge in [-0.2, -0.15) is 5.10 Å². The van der Waals surface area contributed by atoms with E-state index in [4.69, 9.17) is 0 Å². The summed E-state index contributed by atoms with van der Waals surface area (Å²) < 4.78 is 15.1. The highest BCUT2D eigenvalue weighted by Crippen LogP contribution is 2.23. The van der Waals surface area contributed by atoms with Crippen molar-refractivity contribution < 1.29 is 9.50 Å². The van der Waals surface area contributed by atoms with Crippen molar-refractivity contribution in [3.8, 4) is 22.8 Å². The summed E-state index contributed by atoms with van der Waals surface area (Å²) in [6.07, 6.45) is 0. The largest absolute Gasteiger partial charge is 0.394 e. The monoisotopic (exact) mass is 297 g/mol. The summed E-state index contributed by atoms with van der Waals surface area (Å²) in [6.45, 7) is 2.05. The SMILES string of the molecule is Cc1cc(-c2nc(-c3ccccc3)n(CCO)n2)ccc1F. The van der Waals surface area contributed by atoms with E-state index in [1.54, 1.807) is 23.7 Å². The van der Waals surface area contributed by atoms with Crippen LogP contribution in [0.2, 0.25) is 0 Å². The molecule has 0 aliphatic rings. The Morgan fingerprint density at radius 1 is 1.09 bits per heavy atom. The van der Waals surface area contributed by atoms with Crippen molar-refractivity contribution in [3.63, 3.8) is 0 Å². The van der Waals surface area contributed by atoms with Gasteiger partial charge < -0.3 is 5.11 Å². The molecule has 0 aliphatic carbocycles. The Labute approximate surface area is 127 Å². The number of aliphatic hydroxyl groups excluding tert-OH is 1. The predicted octanol–water partition coefficient (Wildman–Crippen LogP) is 3.05. The first-order chi connectivity index (χ1) is 10.7. The fraction of sp³-hybridized carbons (Fsp3) is 0.176. The van der Waals surface area contributed by atoms with Gasteiger partial charge >= 0.3 is 0 Å². The molecule has 3 rings (SSSR count). The van der Waals surface area contributed by atoms with Crippen LogP contribution >= 0.6 is 0 Å². The van der Waals surface area contributed by atoms with Crippen molar-refractivity contribution in [2.24, 2.45) is 0 Å². The van der Waals surface area contributed by atoms with Crippen LogP contribution in [0, 0.1) is 12.7 Å². The zero-order chi connectivity index (χ0) is 15.5. The van der Waals surface area contributed by atoms with Gasteiger partial charge in [-0.25, -0.2) is 14.1 Å². The average Bonchev–Trinajstić information content (AvgIpc) is 2.95. The molecule has 112 valence electrons. The highest BCUT2D eigenvalue weighted by atomic mass is 19.1. The second-order valence-corrected chi connectivity index (χ2v) is 5.04. The molecule has 0 spiro atoms. The minimum Gasteiger partial charge on any atom is -0.394 e. The number of halogens is 1. The lowest BCUT2D eigenvalue weighted by Gasteiger charge is -2.02. The molecule has 0 unspecified atom stereocenters. The van der Waals surface area contributed by atoms with Crippen molar-refractivity contribution in [1.29, 1.82) is 0 Å². The van der Waals surface area contributed by atoms with Crippen molar-refractivity contribution in [3.05, 3.63) is 59.9 Å². The molecule has 0 radical (unpaired) electrons. The molecule has 1 heterocycles. The van der Waals surface area contributed by atoms with E-state index in [0.717, 1.165) is 11.1 Å². The number of aryl methyl sites for hydroxylation is 1. The van der Waals surface area contributed by atoms with E-state index in [9.17, 15) is 9.50 Å². The molecule has 3 aromatic rings. The van der Waals surface area contributed by atoms with Gasteiger partial charge in [0.25, 0.3) is 0 Å². The van der Waals surface area contributed by atoms with Crippen LogP contribution in [0.3, 0.4) is 0 Å². The van der Waals surface area contributed by atoms with Crippen LogP contribution in [0.4, 0.5) is 4.39 Å². The molecule has 5 heteroatoms. The topological polar surface area (TPSA) is 50.9 Å². The van der Waals surface area contributed by atoms with E-state index >= 15 is 0 Å². The molecule has 0 aliphatic heterocycles. The lowest BCUT2D eigenvalue weighted by Crippen LogP contribution is -2.06. The quantitative estimate of drug-likeness (QED) is 0.805. The van der Waals surface area contributed by atoms with Crippen LogP contribution in [-0.2, 0) is 6.54 Å². The van der Waals surface area contributed by atoms with Crippen LogP contribution in [0.15, 0.2) is 48.5 Å². The molecular formula is C17H16FN3O. The standard InChI is InChI=1S/C17H16FN3O/c1-12-11-14(7-8-15(12)18)16-19-17(21(20-16)9-10-22)13-5-3-2-4-6-13/h2-8,11,22H,9-10H2,1H3. The summed E-state index contributed by atoms with van der Waals surface area (Å²) in [7, 11) is 0. The number of benzene rings is 2. The fourth-order valence-corrected chi connectivity index (χ4v) is 2.30. The Hall–Kier alpha value is -2.53. The first-order valence-corrected chi connectivity index (χ1v) is 7.06. The number of hydrogen-bond donors (Lipinski definition) is 1. The second-order valence-electron chi connectivity index (χ2n) is 5.04. The zero-order valence-corrected chi connectivity index (χ0v) is 12.2. The predicted molar refractivity (Wildman–Crippen MR) is 82.7 cm³/mol. The number of hydrogen-bond acceptors (Lipinski definition) is 3. The number of aromatic nitrogens is 3.